The van der Waals surface area contributed by atoms with Crippen LogP contribution in [0.2, 0.25) is 0 Å². The molecule has 0 aliphatic heterocycles. The van der Waals surface area contributed by atoms with Gasteiger partial charge in [-0.3, -0.25) is 0 Å². The Labute approximate surface area is 143 Å². The molecule has 0 aliphatic carbocycles. The van der Waals surface area contributed by atoms with Crippen LogP contribution >= 0.6 is 7.92 Å². The van der Waals surface area contributed by atoms with Crippen molar-refractivity contribution in [1.29, 1.82) is 0 Å². The largest absolute Gasteiger partial charge is 0.673 e. The van der Waals surface area contributed by atoms with Gasteiger partial charge in [0.25, 0.3) is 0 Å². The quantitative estimate of drug-likeness (QED) is 0.373. The maximum Gasteiger partial charge on any atom is 0.673 e. The van der Waals surface area contributed by atoms with E-state index >= 15 is 0 Å². The molecule has 0 nitrogen and oxygen atoms in total. The van der Waals surface area contributed by atoms with Crippen molar-refractivity contribution >= 4 is 25.8 Å². The molecule has 0 aliphatic rings. The van der Waals surface area contributed by atoms with E-state index in [1.54, 1.807) is 10.6 Å². The lowest BCUT2D eigenvalue weighted by Crippen LogP contribution is -2.14. The summed E-state index contributed by atoms with van der Waals surface area (Å²) in [6.07, 6.45) is 3.95. The maximum absolute atomic E-state index is 9.75. The van der Waals surface area contributed by atoms with Crippen molar-refractivity contribution in [3.8, 4) is 0 Å². The Hall–Kier alpha value is -1.35. The molecule has 2 rings (SSSR count). The summed E-state index contributed by atoms with van der Waals surface area (Å²) in [4.78, 5) is 0. The minimum absolute atomic E-state index is 0.595. The first-order valence-electron chi connectivity index (χ1n) is 8.08. The molecular formula is C18H24BF4P. The number of unbranched alkanes of at least 4 members (excludes halogenated alkanes) is 1. The fourth-order valence-electron chi connectivity index (χ4n) is 2.32. The molecule has 0 saturated carbocycles. The van der Waals surface area contributed by atoms with Gasteiger partial charge in [0.05, 0.1) is 24.7 Å². The Morgan fingerprint density at radius 2 is 1.08 bits per heavy atom. The van der Waals surface area contributed by atoms with Crippen LogP contribution in [0.25, 0.3) is 0 Å². The second kappa shape index (κ2) is 9.83. The van der Waals surface area contributed by atoms with Crippen LogP contribution in [-0.2, 0) is 0 Å². The van der Waals surface area contributed by atoms with E-state index in [0.717, 1.165) is 0 Å². The Kier molecular flexibility index (Phi) is 8.48. The Bertz CT molecular complexity index is 542. The second-order valence-corrected chi connectivity index (χ2v) is 8.42. The molecule has 0 unspecified atom stereocenters. The van der Waals surface area contributed by atoms with Gasteiger partial charge in [-0.15, -0.1) is 0 Å². The fraction of sp³-hybridized carbons (Fsp3) is 0.333. The zero-order valence-corrected chi connectivity index (χ0v) is 15.3. The van der Waals surface area contributed by atoms with Crippen molar-refractivity contribution in [1.82, 2.24) is 0 Å². The summed E-state index contributed by atoms with van der Waals surface area (Å²) in [6, 6.07) is 18.3. The Balaban J connectivity index is 0.000000505. The lowest BCUT2D eigenvalue weighted by Gasteiger charge is -2.11. The van der Waals surface area contributed by atoms with Crippen LogP contribution in [-0.4, -0.2) is 13.4 Å². The highest BCUT2D eigenvalue weighted by Gasteiger charge is 2.21. The lowest BCUT2D eigenvalue weighted by atomic mass is 10.2. The van der Waals surface area contributed by atoms with Crippen molar-refractivity contribution in [2.45, 2.75) is 33.6 Å². The van der Waals surface area contributed by atoms with Crippen LogP contribution in [0, 0.1) is 13.8 Å². The third-order valence-corrected chi connectivity index (χ3v) is 6.49. The van der Waals surface area contributed by atoms with Crippen LogP contribution < -0.4 is 10.6 Å². The summed E-state index contributed by atoms with van der Waals surface area (Å²) in [7, 11) is -6.60. The van der Waals surface area contributed by atoms with Crippen molar-refractivity contribution in [2.75, 3.05) is 6.16 Å². The summed E-state index contributed by atoms with van der Waals surface area (Å²) in [5, 5.41) is 3.10. The summed E-state index contributed by atoms with van der Waals surface area (Å²) in [5.41, 5.74) is 2.70. The zero-order chi connectivity index (χ0) is 18.2. The minimum atomic E-state index is -6.00. The smallest absolute Gasteiger partial charge is 0.418 e. The molecule has 0 bridgehead atoms. The van der Waals surface area contributed by atoms with Crippen molar-refractivity contribution in [2.24, 2.45) is 0 Å². The third kappa shape index (κ3) is 8.49. The number of aryl methyl sites for hydroxylation is 2. The summed E-state index contributed by atoms with van der Waals surface area (Å²) < 4.78 is 39.0. The van der Waals surface area contributed by atoms with Crippen LogP contribution in [0.15, 0.2) is 48.5 Å². The Morgan fingerprint density at radius 1 is 0.750 bits per heavy atom. The molecule has 2 aromatic rings. The highest BCUT2D eigenvalue weighted by molar-refractivity contribution is 7.73. The van der Waals surface area contributed by atoms with Crippen LogP contribution in [0.5, 0.6) is 0 Å². The summed E-state index contributed by atoms with van der Waals surface area (Å²) >= 11 is 0. The number of hydrogen-bond donors (Lipinski definition) is 0. The van der Waals surface area contributed by atoms with Gasteiger partial charge in [-0.25, -0.2) is 0 Å². The average Bonchev–Trinajstić information content (AvgIpc) is 2.49. The van der Waals surface area contributed by atoms with E-state index in [0.29, 0.717) is 0 Å². The first-order valence-corrected chi connectivity index (χ1v) is 9.78. The lowest BCUT2D eigenvalue weighted by molar-refractivity contribution is 0.368. The van der Waals surface area contributed by atoms with Crippen molar-refractivity contribution < 1.29 is 17.3 Å². The molecule has 0 amide bonds. The topological polar surface area (TPSA) is 0 Å². The van der Waals surface area contributed by atoms with Gasteiger partial charge in [-0.05, 0) is 44.5 Å². The van der Waals surface area contributed by atoms with Gasteiger partial charge in [0.1, 0.15) is 0 Å². The third-order valence-electron chi connectivity index (χ3n) is 3.58. The fourth-order valence-corrected chi connectivity index (χ4v) is 5.07. The van der Waals surface area contributed by atoms with E-state index in [2.05, 4.69) is 69.3 Å². The molecule has 0 aromatic heterocycles. The molecule has 0 spiro atoms. The van der Waals surface area contributed by atoms with Gasteiger partial charge in [0.15, 0.2) is 0 Å². The molecule has 0 heterocycles. The normalized spacial score (nSPS) is 11.2. The van der Waals surface area contributed by atoms with Gasteiger partial charge in [-0.1, -0.05) is 48.7 Å². The second-order valence-electron chi connectivity index (χ2n) is 5.81. The molecule has 0 atom stereocenters. The van der Waals surface area contributed by atoms with E-state index in [1.807, 2.05) is 0 Å². The van der Waals surface area contributed by atoms with Gasteiger partial charge in [0, 0.05) is 0 Å². The van der Waals surface area contributed by atoms with Gasteiger partial charge in [-0.2, -0.15) is 0 Å². The zero-order valence-electron chi connectivity index (χ0n) is 14.3. The molecule has 6 heteroatoms. The van der Waals surface area contributed by atoms with E-state index in [-0.39, 0.29) is 0 Å². The van der Waals surface area contributed by atoms with E-state index in [1.165, 1.54) is 30.1 Å². The van der Waals surface area contributed by atoms with Crippen LogP contribution in [0.3, 0.4) is 0 Å². The average molecular weight is 358 g/mol. The number of hydrogen-bond acceptors (Lipinski definition) is 0. The predicted octanol–water partition coefficient (Wildman–Crippen LogP) is 5.57. The number of halogens is 4. The predicted molar refractivity (Wildman–Crippen MR) is 99.9 cm³/mol. The van der Waals surface area contributed by atoms with Crippen LogP contribution in [0.1, 0.15) is 30.9 Å². The Morgan fingerprint density at radius 3 is 1.38 bits per heavy atom. The minimum Gasteiger partial charge on any atom is -0.418 e. The van der Waals surface area contributed by atoms with E-state index < -0.39 is 15.2 Å². The first kappa shape index (κ1) is 20.7. The van der Waals surface area contributed by atoms with Gasteiger partial charge < -0.3 is 17.3 Å². The van der Waals surface area contributed by atoms with Crippen molar-refractivity contribution in [3.05, 3.63) is 59.7 Å². The highest BCUT2D eigenvalue weighted by atomic mass is 31.1. The summed E-state index contributed by atoms with van der Waals surface area (Å²) in [5.74, 6) is 0. The van der Waals surface area contributed by atoms with E-state index in [4.69, 9.17) is 0 Å². The molecule has 0 radical (unpaired) electrons. The molecule has 2 aromatic carbocycles. The molecular weight excluding hydrogens is 334 g/mol. The molecule has 132 valence electrons. The SMILES string of the molecule is CCCC[PH+](c1ccc(C)cc1)c1ccc(C)cc1.F[B-](F)(F)F. The van der Waals surface area contributed by atoms with Crippen molar-refractivity contribution in [3.63, 3.8) is 0 Å². The van der Waals surface area contributed by atoms with Gasteiger partial charge >= 0.3 is 7.25 Å². The molecule has 0 N–H and O–H groups in total. The number of rotatable bonds is 5. The maximum atomic E-state index is 9.75. The van der Waals surface area contributed by atoms with E-state index in [9.17, 15) is 17.3 Å². The highest BCUT2D eigenvalue weighted by Crippen LogP contribution is 2.34. The summed E-state index contributed by atoms with van der Waals surface area (Å²) in [6.45, 7) is 6.60. The van der Waals surface area contributed by atoms with Gasteiger partial charge in [0.2, 0.25) is 0 Å². The standard InChI is InChI=1S/C18H23P.BF4/c1-4-5-14-19(17-10-6-15(2)7-11-17)18-12-8-16(3)9-13-18;2-1(3,4)5/h6-13H,4-5,14H2,1-3H3;/q;-1/p+1. The molecule has 0 saturated heterocycles. The van der Waals surface area contributed by atoms with Crippen LogP contribution in [0.4, 0.5) is 17.3 Å². The number of benzene rings is 2. The monoisotopic (exact) mass is 358 g/mol. The molecule has 24 heavy (non-hydrogen) atoms. The first-order chi connectivity index (χ1) is 11.2. The molecule has 0 fully saturated rings.